The Morgan fingerprint density at radius 1 is 1.18 bits per heavy atom. The van der Waals surface area contributed by atoms with Crippen molar-refractivity contribution in [3.63, 3.8) is 0 Å². The van der Waals surface area contributed by atoms with Crippen LogP contribution in [0.5, 0.6) is 0 Å². The molecule has 0 saturated carbocycles. The van der Waals surface area contributed by atoms with Crippen LogP contribution in [0.25, 0.3) is 0 Å². The van der Waals surface area contributed by atoms with Crippen molar-refractivity contribution in [3.8, 4) is 0 Å². The zero-order chi connectivity index (χ0) is 17.0. The topological polar surface area (TPSA) is 84.8 Å². The zero-order valence-corrected chi connectivity index (χ0v) is 14.8. The molecule has 7 heteroatoms. The van der Waals surface area contributed by atoms with Crippen molar-refractivity contribution in [2.24, 2.45) is 4.58 Å². The summed E-state index contributed by atoms with van der Waals surface area (Å²) in [5, 5.41) is 2.54. The summed E-state index contributed by atoms with van der Waals surface area (Å²) in [4.78, 5) is 33.9. The van der Waals surface area contributed by atoms with E-state index in [1.807, 2.05) is 0 Å². The normalized spacial score (nSPS) is 12.5. The first-order valence-corrected chi connectivity index (χ1v) is 8.57. The van der Waals surface area contributed by atoms with E-state index in [4.69, 9.17) is 4.74 Å². The van der Waals surface area contributed by atoms with E-state index in [1.165, 1.54) is 26.2 Å². The highest BCUT2D eigenvalue weighted by atomic mass is 32.2. The van der Waals surface area contributed by atoms with E-state index in [2.05, 4.69) is 16.8 Å². The summed E-state index contributed by atoms with van der Waals surface area (Å²) in [5.41, 5.74) is 0. The molecule has 0 aromatic heterocycles. The van der Waals surface area contributed by atoms with E-state index in [9.17, 15) is 14.5 Å². The Kier molecular flexibility index (Phi) is 10.9. The largest absolute Gasteiger partial charge is 0.464 e. The Balaban J connectivity index is 4.29. The number of amides is 1. The average molecular weight is 332 g/mol. The summed E-state index contributed by atoms with van der Waals surface area (Å²) >= 11 is 0.719. The number of nitroso groups, excluding NO2 is 1. The number of carbonyl (C=O) groups excluding carboxylic acids is 2. The fourth-order valence-electron chi connectivity index (χ4n) is 2.01. The number of ether oxygens (including phenoxy) is 1. The van der Waals surface area contributed by atoms with Gasteiger partial charge < -0.3 is 10.1 Å². The number of nitrogens with one attached hydrogen (secondary N) is 1. The Labute approximate surface area is 137 Å². The monoisotopic (exact) mass is 332 g/mol. The van der Waals surface area contributed by atoms with Crippen LogP contribution in [0, 0.1) is 4.91 Å². The predicted octanol–water partition coefficient (Wildman–Crippen LogP) is 3.59. The molecule has 0 bridgehead atoms. The number of hydrogen-bond acceptors (Lipinski definition) is 6. The first-order valence-electron chi connectivity index (χ1n) is 7.79. The minimum absolute atomic E-state index is 0.330. The molecule has 0 saturated heterocycles. The van der Waals surface area contributed by atoms with Crippen LogP contribution in [-0.4, -0.2) is 29.3 Å². The molecule has 0 aliphatic carbocycles. The van der Waals surface area contributed by atoms with E-state index in [0.717, 1.165) is 31.2 Å². The van der Waals surface area contributed by atoms with E-state index < -0.39 is 16.8 Å². The maximum atomic E-state index is 12.1. The molecule has 0 aliphatic heterocycles. The minimum atomic E-state index is -0.896. The summed E-state index contributed by atoms with van der Waals surface area (Å²) in [7, 11) is 0. The maximum Gasteiger partial charge on any atom is 0.330 e. The van der Waals surface area contributed by atoms with Crippen LogP contribution in [0.15, 0.2) is 4.58 Å². The maximum absolute atomic E-state index is 12.1. The molecule has 1 amide bonds. The Morgan fingerprint density at radius 2 is 1.77 bits per heavy atom. The Morgan fingerprint density at radius 3 is 2.32 bits per heavy atom. The second-order valence-corrected chi connectivity index (χ2v) is 7.22. The van der Waals surface area contributed by atoms with Crippen LogP contribution in [0.1, 0.15) is 66.2 Å². The Bertz CT molecular complexity index is 361. The van der Waals surface area contributed by atoms with Crippen molar-refractivity contribution in [3.05, 3.63) is 4.91 Å². The lowest BCUT2D eigenvalue weighted by Gasteiger charge is -2.29. The summed E-state index contributed by atoms with van der Waals surface area (Å²) < 4.78 is 7.14. The van der Waals surface area contributed by atoms with E-state index in [1.54, 1.807) is 13.8 Å². The molecular formula is C15H28N2O4S. The number of hydrogen-bond donors (Lipinski definition) is 1. The third-order valence-corrected chi connectivity index (χ3v) is 4.07. The van der Waals surface area contributed by atoms with Crippen molar-refractivity contribution in [2.75, 3.05) is 6.61 Å². The molecule has 6 nitrogen and oxygen atoms in total. The average Bonchev–Trinajstić information content (AvgIpc) is 2.43. The van der Waals surface area contributed by atoms with Crippen LogP contribution in [-0.2, 0) is 14.3 Å². The van der Waals surface area contributed by atoms with Gasteiger partial charge in [0, 0.05) is 23.5 Å². The van der Waals surface area contributed by atoms with Crippen LogP contribution >= 0.6 is 11.9 Å². The highest BCUT2D eigenvalue weighted by Crippen LogP contribution is 2.29. The highest BCUT2D eigenvalue weighted by Gasteiger charge is 2.38. The molecule has 0 aromatic rings. The van der Waals surface area contributed by atoms with Gasteiger partial charge in [-0.05, 0) is 20.3 Å². The van der Waals surface area contributed by atoms with Gasteiger partial charge in [-0.25, -0.2) is 4.79 Å². The van der Waals surface area contributed by atoms with Gasteiger partial charge in [0.25, 0.3) is 0 Å². The number of carbonyl (C=O) groups is 2. The molecule has 0 radical (unpaired) electrons. The smallest absolute Gasteiger partial charge is 0.330 e. The minimum Gasteiger partial charge on any atom is -0.464 e. The highest BCUT2D eigenvalue weighted by molar-refractivity contribution is 7.99. The number of rotatable bonds is 12. The second kappa shape index (κ2) is 11.5. The molecule has 22 heavy (non-hydrogen) atoms. The molecule has 0 aliphatic rings. The summed E-state index contributed by atoms with van der Waals surface area (Å²) in [6.45, 7) is 7.16. The molecule has 0 spiro atoms. The van der Waals surface area contributed by atoms with Crippen molar-refractivity contribution < 1.29 is 14.3 Å². The SMILES string of the molecule is CCCCCCCCOC(=O)[C@H](NC(C)=O)C(C)(C)SN=O. The van der Waals surface area contributed by atoms with Crippen LogP contribution in [0.2, 0.25) is 0 Å². The van der Waals surface area contributed by atoms with Crippen molar-refractivity contribution >= 4 is 23.8 Å². The van der Waals surface area contributed by atoms with Gasteiger partial charge in [-0.15, -0.1) is 4.91 Å². The van der Waals surface area contributed by atoms with Gasteiger partial charge in [-0.1, -0.05) is 39.0 Å². The molecule has 0 fully saturated rings. The fourth-order valence-corrected chi connectivity index (χ4v) is 2.46. The molecule has 1 atom stereocenters. The molecule has 0 rings (SSSR count). The van der Waals surface area contributed by atoms with Gasteiger partial charge in [0.05, 0.1) is 11.4 Å². The molecule has 0 aromatic carbocycles. The number of unbranched alkanes of at least 4 members (excludes halogenated alkanes) is 5. The number of nitrogens with zero attached hydrogens (tertiary/aromatic N) is 1. The third kappa shape index (κ3) is 9.02. The summed E-state index contributed by atoms with van der Waals surface area (Å²) in [5.74, 6) is -0.869. The van der Waals surface area contributed by atoms with Crippen molar-refractivity contribution in [2.45, 2.75) is 77.0 Å². The fraction of sp³-hybridized carbons (Fsp3) is 0.867. The van der Waals surface area contributed by atoms with Crippen molar-refractivity contribution in [1.29, 1.82) is 0 Å². The van der Waals surface area contributed by atoms with Crippen molar-refractivity contribution in [1.82, 2.24) is 5.32 Å². The van der Waals surface area contributed by atoms with Crippen LogP contribution < -0.4 is 5.32 Å². The van der Waals surface area contributed by atoms with Gasteiger partial charge >= 0.3 is 5.97 Å². The lowest BCUT2D eigenvalue weighted by Crippen LogP contribution is -2.52. The van der Waals surface area contributed by atoms with Crippen LogP contribution in [0.3, 0.4) is 0 Å². The quantitative estimate of drug-likeness (QED) is 0.255. The van der Waals surface area contributed by atoms with Crippen LogP contribution in [0.4, 0.5) is 0 Å². The van der Waals surface area contributed by atoms with E-state index >= 15 is 0 Å². The summed E-state index contributed by atoms with van der Waals surface area (Å²) in [6.07, 6.45) is 6.60. The molecule has 0 unspecified atom stereocenters. The van der Waals surface area contributed by atoms with Gasteiger partial charge in [-0.2, -0.15) is 0 Å². The lowest BCUT2D eigenvalue weighted by molar-refractivity contribution is -0.148. The molecule has 1 N–H and O–H groups in total. The number of esters is 1. The van der Waals surface area contributed by atoms with Gasteiger partial charge in [-0.3, -0.25) is 4.79 Å². The first-order chi connectivity index (χ1) is 10.3. The Hall–Kier alpha value is -1.11. The molecule has 0 heterocycles. The third-order valence-electron chi connectivity index (χ3n) is 3.29. The summed E-state index contributed by atoms with van der Waals surface area (Å²) in [6, 6.07) is -0.896. The lowest BCUT2D eigenvalue weighted by atomic mass is 10.0. The van der Waals surface area contributed by atoms with Gasteiger partial charge in [0.15, 0.2) is 0 Å². The first kappa shape index (κ1) is 20.9. The zero-order valence-electron chi connectivity index (χ0n) is 14.0. The van der Waals surface area contributed by atoms with E-state index in [-0.39, 0.29) is 5.91 Å². The molecule has 128 valence electrons. The van der Waals surface area contributed by atoms with Gasteiger partial charge in [0.2, 0.25) is 5.91 Å². The second-order valence-electron chi connectivity index (χ2n) is 5.84. The standard InChI is InChI=1S/C15H28N2O4S/c1-5-6-7-8-9-10-11-21-14(19)13(16-12(2)18)15(3,4)22-17-20/h13H,5-11H2,1-4H3,(H,16,18)/t13-/m0/s1. The molecular weight excluding hydrogens is 304 g/mol. The van der Waals surface area contributed by atoms with E-state index in [0.29, 0.717) is 6.61 Å². The predicted molar refractivity (Wildman–Crippen MR) is 89.4 cm³/mol. The van der Waals surface area contributed by atoms with Gasteiger partial charge in [0.1, 0.15) is 6.04 Å².